The SMILES string of the molecule is CCC(=O)CCCCCc1cccc(NC=O)c1. The molecule has 0 aliphatic heterocycles. The monoisotopic (exact) mass is 247 g/mol. The van der Waals surface area contributed by atoms with Crippen LogP contribution in [0.15, 0.2) is 24.3 Å². The van der Waals surface area contributed by atoms with Gasteiger partial charge >= 0.3 is 0 Å². The molecule has 0 saturated heterocycles. The number of carbonyl (C=O) groups is 2. The molecule has 0 fully saturated rings. The minimum atomic E-state index is 0.354. The van der Waals surface area contributed by atoms with E-state index in [1.165, 1.54) is 5.56 Å². The largest absolute Gasteiger partial charge is 0.329 e. The normalized spacial score (nSPS) is 10.1. The van der Waals surface area contributed by atoms with Gasteiger partial charge < -0.3 is 5.32 Å². The molecule has 18 heavy (non-hydrogen) atoms. The smallest absolute Gasteiger partial charge is 0.211 e. The first-order valence-corrected chi connectivity index (χ1v) is 6.57. The van der Waals surface area contributed by atoms with Crippen molar-refractivity contribution < 1.29 is 9.59 Å². The molecule has 0 radical (unpaired) electrons. The van der Waals surface area contributed by atoms with E-state index >= 15 is 0 Å². The highest BCUT2D eigenvalue weighted by molar-refractivity contribution is 5.77. The number of Topliss-reactive ketones (excluding diaryl/α,β-unsaturated/α-hetero) is 1. The van der Waals surface area contributed by atoms with Crippen LogP contribution < -0.4 is 5.32 Å². The summed E-state index contributed by atoms with van der Waals surface area (Å²) in [5, 5.41) is 2.65. The molecule has 0 heterocycles. The van der Waals surface area contributed by atoms with Gasteiger partial charge in [-0.05, 0) is 37.0 Å². The van der Waals surface area contributed by atoms with Crippen LogP contribution >= 0.6 is 0 Å². The van der Waals surface area contributed by atoms with Gasteiger partial charge in [-0.1, -0.05) is 25.5 Å². The lowest BCUT2D eigenvalue weighted by Crippen LogP contribution is -1.96. The van der Waals surface area contributed by atoms with Gasteiger partial charge in [-0.2, -0.15) is 0 Å². The second kappa shape index (κ2) is 8.45. The van der Waals surface area contributed by atoms with Crippen molar-refractivity contribution in [3.05, 3.63) is 29.8 Å². The molecule has 0 unspecified atom stereocenters. The topological polar surface area (TPSA) is 46.2 Å². The average Bonchev–Trinajstić information content (AvgIpc) is 2.39. The Kier molecular flexibility index (Phi) is 6.77. The lowest BCUT2D eigenvalue weighted by atomic mass is 10.0. The first-order chi connectivity index (χ1) is 8.76. The highest BCUT2D eigenvalue weighted by atomic mass is 16.1. The zero-order chi connectivity index (χ0) is 13.2. The van der Waals surface area contributed by atoms with Gasteiger partial charge in [0.2, 0.25) is 6.41 Å². The Morgan fingerprint density at radius 3 is 2.83 bits per heavy atom. The highest BCUT2D eigenvalue weighted by Gasteiger charge is 1.99. The van der Waals surface area contributed by atoms with Crippen LogP contribution in [0.2, 0.25) is 0 Å². The fraction of sp³-hybridized carbons (Fsp3) is 0.467. The molecule has 3 nitrogen and oxygen atoms in total. The predicted octanol–water partition coefficient (Wildman–Crippen LogP) is 3.34. The number of anilines is 1. The molecule has 0 bridgehead atoms. The molecule has 0 atom stereocenters. The minimum Gasteiger partial charge on any atom is -0.329 e. The fourth-order valence-electron chi connectivity index (χ4n) is 1.89. The Balaban J connectivity index is 2.24. The van der Waals surface area contributed by atoms with Crippen molar-refractivity contribution in [2.24, 2.45) is 0 Å². The number of hydrogen-bond donors (Lipinski definition) is 1. The summed E-state index contributed by atoms with van der Waals surface area (Å²) in [4.78, 5) is 21.5. The van der Waals surface area contributed by atoms with Gasteiger partial charge in [-0.3, -0.25) is 9.59 Å². The molecule has 1 aromatic carbocycles. The second-order valence-corrected chi connectivity index (χ2v) is 4.42. The number of carbonyl (C=O) groups excluding carboxylic acids is 2. The second-order valence-electron chi connectivity index (χ2n) is 4.42. The number of amides is 1. The third-order valence-corrected chi connectivity index (χ3v) is 2.97. The molecule has 0 aliphatic rings. The molecule has 0 aliphatic carbocycles. The predicted molar refractivity (Wildman–Crippen MR) is 73.6 cm³/mol. The first-order valence-electron chi connectivity index (χ1n) is 6.57. The standard InChI is InChI=1S/C15H21NO2/c1-2-15(18)10-5-3-4-7-13-8-6-9-14(11-13)16-12-17/h6,8-9,11-12H,2-5,7,10H2,1H3,(H,16,17). The lowest BCUT2D eigenvalue weighted by Gasteiger charge is -2.04. The molecule has 1 rings (SSSR count). The summed E-state index contributed by atoms with van der Waals surface area (Å²) in [6, 6.07) is 7.87. The third kappa shape index (κ3) is 5.62. The van der Waals surface area contributed by atoms with E-state index in [1.807, 2.05) is 25.1 Å². The molecule has 0 spiro atoms. The van der Waals surface area contributed by atoms with Gasteiger partial charge in [-0.15, -0.1) is 0 Å². The molecular formula is C15H21NO2. The molecule has 1 amide bonds. The summed E-state index contributed by atoms with van der Waals surface area (Å²) < 4.78 is 0. The van der Waals surface area contributed by atoms with Crippen LogP contribution in [0.1, 0.15) is 44.6 Å². The van der Waals surface area contributed by atoms with Gasteiger partial charge in [0.1, 0.15) is 5.78 Å². The number of aryl methyl sites for hydroxylation is 1. The number of unbranched alkanes of at least 4 members (excludes halogenated alkanes) is 2. The van der Waals surface area contributed by atoms with Gasteiger partial charge in [0.05, 0.1) is 0 Å². The summed E-state index contributed by atoms with van der Waals surface area (Å²) in [6.45, 7) is 1.91. The van der Waals surface area contributed by atoms with E-state index in [0.29, 0.717) is 25.0 Å². The van der Waals surface area contributed by atoms with Gasteiger partial charge in [0, 0.05) is 18.5 Å². The molecule has 1 aromatic rings. The van der Waals surface area contributed by atoms with E-state index in [4.69, 9.17) is 0 Å². The van der Waals surface area contributed by atoms with Crippen molar-refractivity contribution >= 4 is 17.9 Å². The van der Waals surface area contributed by atoms with Crippen LogP contribution in [0.5, 0.6) is 0 Å². The van der Waals surface area contributed by atoms with Crippen molar-refractivity contribution in [3.63, 3.8) is 0 Å². The Bertz CT molecular complexity index is 388. The van der Waals surface area contributed by atoms with Crippen LogP contribution in [0, 0.1) is 0 Å². The van der Waals surface area contributed by atoms with Crippen LogP contribution in [-0.2, 0) is 16.0 Å². The van der Waals surface area contributed by atoms with Crippen LogP contribution in [0.25, 0.3) is 0 Å². The van der Waals surface area contributed by atoms with Crippen LogP contribution in [0.4, 0.5) is 5.69 Å². The molecular weight excluding hydrogens is 226 g/mol. The number of ketones is 1. The van der Waals surface area contributed by atoms with Gasteiger partial charge in [0.15, 0.2) is 0 Å². The maximum Gasteiger partial charge on any atom is 0.211 e. The van der Waals surface area contributed by atoms with Crippen molar-refractivity contribution in [1.82, 2.24) is 0 Å². The average molecular weight is 247 g/mol. The molecule has 0 aromatic heterocycles. The quantitative estimate of drug-likeness (QED) is 0.537. The Labute approximate surface area is 109 Å². The first kappa shape index (κ1) is 14.4. The molecule has 1 N–H and O–H groups in total. The number of nitrogens with one attached hydrogen (secondary N) is 1. The summed E-state index contributed by atoms with van der Waals surface area (Å²) in [6.07, 6.45) is 6.20. The Morgan fingerprint density at radius 1 is 1.28 bits per heavy atom. The van der Waals surface area contributed by atoms with E-state index in [2.05, 4.69) is 11.4 Å². The van der Waals surface area contributed by atoms with Gasteiger partial charge in [0.25, 0.3) is 0 Å². The molecule has 98 valence electrons. The number of hydrogen-bond acceptors (Lipinski definition) is 2. The summed E-state index contributed by atoms with van der Waals surface area (Å²) >= 11 is 0. The van der Waals surface area contributed by atoms with E-state index in [9.17, 15) is 9.59 Å². The van der Waals surface area contributed by atoms with Crippen LogP contribution in [0.3, 0.4) is 0 Å². The molecule has 3 heteroatoms. The summed E-state index contributed by atoms with van der Waals surface area (Å²) in [5.74, 6) is 0.354. The van der Waals surface area contributed by atoms with Crippen molar-refractivity contribution in [2.75, 3.05) is 5.32 Å². The third-order valence-electron chi connectivity index (χ3n) is 2.97. The number of benzene rings is 1. The van der Waals surface area contributed by atoms with E-state index in [0.717, 1.165) is 31.4 Å². The maximum atomic E-state index is 11.1. The minimum absolute atomic E-state index is 0.354. The zero-order valence-electron chi connectivity index (χ0n) is 10.9. The van der Waals surface area contributed by atoms with E-state index in [-0.39, 0.29) is 0 Å². The van der Waals surface area contributed by atoms with E-state index in [1.54, 1.807) is 0 Å². The van der Waals surface area contributed by atoms with E-state index < -0.39 is 0 Å². The van der Waals surface area contributed by atoms with Gasteiger partial charge in [-0.25, -0.2) is 0 Å². The van der Waals surface area contributed by atoms with Crippen molar-refractivity contribution in [1.29, 1.82) is 0 Å². The number of rotatable bonds is 9. The highest BCUT2D eigenvalue weighted by Crippen LogP contribution is 2.13. The van der Waals surface area contributed by atoms with Crippen molar-refractivity contribution in [3.8, 4) is 0 Å². The summed E-state index contributed by atoms with van der Waals surface area (Å²) in [5.41, 5.74) is 2.06. The Morgan fingerprint density at radius 2 is 2.11 bits per heavy atom. The van der Waals surface area contributed by atoms with Crippen molar-refractivity contribution in [2.45, 2.75) is 45.4 Å². The maximum absolute atomic E-state index is 11.1. The lowest BCUT2D eigenvalue weighted by molar-refractivity contribution is -0.118. The van der Waals surface area contributed by atoms with Crippen LogP contribution in [-0.4, -0.2) is 12.2 Å². The fourth-order valence-corrected chi connectivity index (χ4v) is 1.89. The Hall–Kier alpha value is -1.64. The zero-order valence-corrected chi connectivity index (χ0v) is 10.9. The summed E-state index contributed by atoms with van der Waals surface area (Å²) in [7, 11) is 0. The molecule has 0 saturated carbocycles.